The Balaban J connectivity index is 0.000000131. The van der Waals surface area contributed by atoms with Crippen LogP contribution in [0.4, 0.5) is 0 Å². The summed E-state index contributed by atoms with van der Waals surface area (Å²) in [6, 6.07) is 9.49. The molecule has 0 saturated heterocycles. The van der Waals surface area contributed by atoms with E-state index in [1.165, 1.54) is 6.07 Å². The third-order valence-corrected chi connectivity index (χ3v) is 3.17. The first-order chi connectivity index (χ1) is 10.5. The molecule has 2 aromatic carbocycles. The van der Waals surface area contributed by atoms with Crippen molar-refractivity contribution in [2.45, 2.75) is 0 Å². The van der Waals surface area contributed by atoms with Gasteiger partial charge in [-0.15, -0.1) is 0 Å². The van der Waals surface area contributed by atoms with Gasteiger partial charge < -0.3 is 10.4 Å². The summed E-state index contributed by atoms with van der Waals surface area (Å²) in [4.78, 5) is 0.660. The molecule has 0 unspecified atom stereocenters. The maximum absolute atomic E-state index is 10.8. The summed E-state index contributed by atoms with van der Waals surface area (Å²) in [7, 11) is 0. The number of benzene rings is 2. The number of rotatable bonds is 0. The predicted octanol–water partition coefficient (Wildman–Crippen LogP) is 2.23. The van der Waals surface area contributed by atoms with Crippen LogP contribution in [-0.4, -0.2) is 10.3 Å². The van der Waals surface area contributed by atoms with Crippen molar-refractivity contribution in [2.75, 3.05) is 0 Å². The summed E-state index contributed by atoms with van der Waals surface area (Å²) in [5.41, 5.74) is 1.70. The van der Waals surface area contributed by atoms with Crippen LogP contribution < -0.4 is 9.81 Å². The molecular weight excluding hydrogens is 335 g/mol. The minimum Gasteiger partial charge on any atom is -0.359 e. The Morgan fingerprint density at radius 2 is 1.36 bits per heavy atom. The number of hydrogen-bond donors (Lipinski definition) is 0. The van der Waals surface area contributed by atoms with Crippen LogP contribution in [0, 0.1) is 10.4 Å². The molecule has 0 fully saturated rings. The normalized spacial score (nSPS) is 10.6. The van der Waals surface area contributed by atoms with E-state index in [4.69, 9.17) is 23.2 Å². The van der Waals surface area contributed by atoms with Crippen LogP contribution in [0.5, 0.6) is 0 Å². The van der Waals surface area contributed by atoms with E-state index >= 15 is 0 Å². The van der Waals surface area contributed by atoms with Gasteiger partial charge in [0.05, 0.1) is 0 Å². The summed E-state index contributed by atoms with van der Waals surface area (Å²) in [6.07, 6.45) is 0. The molecule has 0 amide bonds. The molecule has 8 nitrogen and oxygen atoms in total. The van der Waals surface area contributed by atoms with Crippen molar-refractivity contribution >= 4 is 45.3 Å². The Kier molecular flexibility index (Phi) is 3.70. The van der Waals surface area contributed by atoms with Gasteiger partial charge in [0.1, 0.15) is 0 Å². The Bertz CT molecular complexity index is 953. The summed E-state index contributed by atoms with van der Waals surface area (Å²) in [5, 5.41) is 29.5. The first kappa shape index (κ1) is 14.4. The van der Waals surface area contributed by atoms with Gasteiger partial charge in [-0.05, 0) is 34.1 Å². The third-order valence-electron chi connectivity index (χ3n) is 2.69. The Morgan fingerprint density at radius 3 is 2.14 bits per heavy atom. The van der Waals surface area contributed by atoms with Crippen LogP contribution in [0.1, 0.15) is 0 Å². The van der Waals surface area contributed by atoms with Crippen molar-refractivity contribution < 1.29 is 19.1 Å². The summed E-state index contributed by atoms with van der Waals surface area (Å²) in [5.74, 6) is 0. The van der Waals surface area contributed by atoms with Gasteiger partial charge in [0.2, 0.25) is 22.1 Å². The van der Waals surface area contributed by atoms with E-state index in [0.717, 1.165) is 0 Å². The van der Waals surface area contributed by atoms with Gasteiger partial charge in [-0.3, -0.25) is 9.26 Å². The predicted molar refractivity (Wildman–Crippen MR) is 76.0 cm³/mol. The van der Waals surface area contributed by atoms with Gasteiger partial charge in [-0.25, -0.2) is 0 Å². The summed E-state index contributed by atoms with van der Waals surface area (Å²) >= 11 is 11.3. The molecule has 0 radical (unpaired) electrons. The molecule has 0 spiro atoms. The molecule has 0 atom stereocenters. The molecule has 0 aliphatic carbocycles. The number of halogens is 2. The lowest BCUT2D eigenvalue weighted by Gasteiger charge is -1.86. The first-order valence-corrected chi connectivity index (χ1v) is 6.60. The van der Waals surface area contributed by atoms with Crippen molar-refractivity contribution in [1.82, 2.24) is 10.3 Å². The Hall–Kier alpha value is -2.58. The highest BCUT2D eigenvalue weighted by Gasteiger charge is 2.08. The smallest absolute Gasteiger partial charge is 0.250 e. The zero-order chi connectivity index (χ0) is 15.7. The standard InChI is InChI=1S/2C6H3ClN2O2/c7-4-1-2-6-5(3-4)8-11-9(6)10;7-4-1-2-5-6(3-4)9(10)11-8-5/h2*1-3H. The fourth-order valence-corrected chi connectivity index (χ4v) is 2.03. The molecular formula is C12H6Cl2N4O4. The molecule has 0 N–H and O–H groups in total. The monoisotopic (exact) mass is 340 g/mol. The lowest BCUT2D eigenvalue weighted by molar-refractivity contribution is -0.782. The highest BCUT2D eigenvalue weighted by molar-refractivity contribution is 6.31. The number of hydrogen-bond acceptors (Lipinski definition) is 6. The molecule has 4 aromatic rings. The SMILES string of the molecule is [O-][n+]1onc2cc(Cl)ccc21.[O-][n+]1onc2ccc(Cl)cc21. The minimum absolute atomic E-state index is 0.321. The van der Waals surface area contributed by atoms with E-state index in [1.54, 1.807) is 30.3 Å². The van der Waals surface area contributed by atoms with Gasteiger partial charge >= 0.3 is 0 Å². The lowest BCUT2D eigenvalue weighted by atomic mass is 10.3. The van der Waals surface area contributed by atoms with Crippen molar-refractivity contribution in [3.05, 3.63) is 56.9 Å². The van der Waals surface area contributed by atoms with E-state index in [2.05, 4.69) is 19.6 Å². The van der Waals surface area contributed by atoms with Gasteiger partial charge in [0, 0.05) is 32.5 Å². The van der Waals surface area contributed by atoms with Crippen LogP contribution >= 0.6 is 23.2 Å². The van der Waals surface area contributed by atoms with Crippen molar-refractivity contribution in [1.29, 1.82) is 0 Å². The molecule has 112 valence electrons. The first-order valence-electron chi connectivity index (χ1n) is 5.84. The van der Waals surface area contributed by atoms with Gasteiger partial charge in [0.25, 0.3) is 0 Å². The average molecular weight is 341 g/mol. The second kappa shape index (κ2) is 5.66. The molecule has 10 heteroatoms. The molecule has 0 aliphatic rings. The maximum Gasteiger partial charge on any atom is 0.250 e. The van der Waals surface area contributed by atoms with Gasteiger partial charge in [0.15, 0.2) is 0 Å². The second-order valence-electron chi connectivity index (χ2n) is 4.13. The number of fused-ring (bicyclic) bond motifs is 2. The molecule has 0 aliphatic heterocycles. The van der Waals surface area contributed by atoms with E-state index in [0.29, 0.717) is 41.9 Å². The topological polar surface area (TPSA) is 106 Å². The second-order valence-corrected chi connectivity index (χ2v) is 5.00. The van der Waals surface area contributed by atoms with Crippen molar-refractivity contribution in [3.8, 4) is 0 Å². The zero-order valence-corrected chi connectivity index (χ0v) is 12.2. The Labute approximate surface area is 132 Å². The Morgan fingerprint density at radius 1 is 0.773 bits per heavy atom. The summed E-state index contributed by atoms with van der Waals surface area (Å²) < 4.78 is 8.64. The molecule has 0 saturated carbocycles. The van der Waals surface area contributed by atoms with Crippen LogP contribution in [0.3, 0.4) is 0 Å². The van der Waals surface area contributed by atoms with E-state index in [1.807, 2.05) is 0 Å². The van der Waals surface area contributed by atoms with Crippen LogP contribution in [0.25, 0.3) is 22.1 Å². The average Bonchev–Trinajstić information content (AvgIpc) is 3.04. The van der Waals surface area contributed by atoms with Crippen LogP contribution in [0.15, 0.2) is 45.7 Å². The molecule has 0 bridgehead atoms. The van der Waals surface area contributed by atoms with E-state index < -0.39 is 0 Å². The quantitative estimate of drug-likeness (QED) is 0.454. The van der Waals surface area contributed by atoms with E-state index in [-0.39, 0.29) is 0 Å². The fourth-order valence-electron chi connectivity index (χ4n) is 1.69. The van der Waals surface area contributed by atoms with Crippen LogP contribution in [0.2, 0.25) is 10.0 Å². The molecule has 2 heterocycles. The zero-order valence-electron chi connectivity index (χ0n) is 10.6. The largest absolute Gasteiger partial charge is 0.359 e. The van der Waals surface area contributed by atoms with Crippen LogP contribution in [-0.2, 0) is 0 Å². The van der Waals surface area contributed by atoms with Crippen molar-refractivity contribution in [3.63, 3.8) is 0 Å². The number of aromatic nitrogens is 4. The van der Waals surface area contributed by atoms with Gasteiger partial charge in [-0.1, -0.05) is 23.2 Å². The third kappa shape index (κ3) is 2.74. The minimum atomic E-state index is 0.321. The summed E-state index contributed by atoms with van der Waals surface area (Å²) in [6.45, 7) is 0. The van der Waals surface area contributed by atoms with E-state index in [9.17, 15) is 10.4 Å². The highest BCUT2D eigenvalue weighted by atomic mass is 35.5. The molecule has 2 aromatic heterocycles. The van der Waals surface area contributed by atoms with Crippen molar-refractivity contribution in [2.24, 2.45) is 0 Å². The maximum atomic E-state index is 10.8. The highest BCUT2D eigenvalue weighted by Crippen LogP contribution is 2.14. The molecule has 22 heavy (non-hydrogen) atoms. The van der Waals surface area contributed by atoms with Gasteiger partial charge in [-0.2, -0.15) is 0 Å². The lowest BCUT2D eigenvalue weighted by Crippen LogP contribution is -2.22. The fraction of sp³-hybridized carbons (Fsp3) is 0. The number of nitrogens with zero attached hydrogens (tertiary/aromatic N) is 4. The molecule has 4 rings (SSSR count).